The zero-order valence-corrected chi connectivity index (χ0v) is 11.5. The van der Waals surface area contributed by atoms with Crippen LogP contribution in [0.2, 0.25) is 0 Å². The van der Waals surface area contributed by atoms with E-state index in [0.717, 1.165) is 22.5 Å². The van der Waals surface area contributed by atoms with Gasteiger partial charge in [0.25, 0.3) is 0 Å². The Balaban J connectivity index is 1.93. The molecular weight excluding hydrogens is 286 g/mol. The largest absolute Gasteiger partial charge is 0.338 e. The van der Waals surface area contributed by atoms with Crippen molar-refractivity contribution in [1.82, 2.24) is 9.55 Å². The maximum Gasteiger partial charge on any atom is 0.108 e. The molecule has 0 aliphatic heterocycles. The first-order valence-corrected chi connectivity index (χ1v) is 6.80. The number of nitrogens with zero attached hydrogens (tertiary/aromatic N) is 2. The molecule has 0 bridgehead atoms. The van der Waals surface area contributed by atoms with E-state index in [0.29, 0.717) is 0 Å². The predicted molar refractivity (Wildman–Crippen MR) is 70.5 cm³/mol. The molecule has 2 rings (SSSR count). The van der Waals surface area contributed by atoms with E-state index in [1.54, 1.807) is 11.3 Å². The zero-order chi connectivity index (χ0) is 11.5. The number of thiophene rings is 1. The Bertz CT molecular complexity index is 463. The molecular formula is C11H14BrN3S. The fourth-order valence-corrected chi connectivity index (χ4v) is 2.85. The van der Waals surface area contributed by atoms with Crippen molar-refractivity contribution in [2.45, 2.75) is 18.9 Å². The van der Waals surface area contributed by atoms with Gasteiger partial charge in [-0.15, -0.1) is 11.3 Å². The highest BCUT2D eigenvalue weighted by Crippen LogP contribution is 2.26. The lowest BCUT2D eigenvalue weighted by molar-refractivity contribution is 0.622. The number of halogens is 1. The second kappa shape index (κ2) is 5.12. The van der Waals surface area contributed by atoms with Crippen LogP contribution in [-0.4, -0.2) is 9.55 Å². The molecule has 0 aliphatic rings. The van der Waals surface area contributed by atoms with Crippen LogP contribution in [0.15, 0.2) is 27.6 Å². The molecule has 16 heavy (non-hydrogen) atoms. The van der Waals surface area contributed by atoms with Crippen LogP contribution in [0.1, 0.15) is 23.9 Å². The van der Waals surface area contributed by atoms with E-state index in [9.17, 15) is 0 Å². The maximum absolute atomic E-state index is 6.12. The summed E-state index contributed by atoms with van der Waals surface area (Å²) in [5.74, 6) is 1.09. The molecule has 0 radical (unpaired) electrons. The Hall–Kier alpha value is -0.650. The third-order valence-corrected chi connectivity index (χ3v) is 4.14. The molecule has 2 N–H and O–H groups in total. The summed E-state index contributed by atoms with van der Waals surface area (Å²) in [7, 11) is 2.01. The van der Waals surface area contributed by atoms with Crippen LogP contribution in [0, 0.1) is 0 Å². The van der Waals surface area contributed by atoms with E-state index in [2.05, 4.69) is 32.4 Å². The third kappa shape index (κ3) is 2.72. The van der Waals surface area contributed by atoms with E-state index >= 15 is 0 Å². The van der Waals surface area contributed by atoms with Gasteiger partial charge in [-0.2, -0.15) is 0 Å². The zero-order valence-electron chi connectivity index (χ0n) is 9.06. The van der Waals surface area contributed by atoms with E-state index in [1.807, 2.05) is 24.0 Å². The van der Waals surface area contributed by atoms with Gasteiger partial charge in [0.05, 0.1) is 3.79 Å². The Morgan fingerprint density at radius 3 is 3.00 bits per heavy atom. The molecule has 0 spiro atoms. The van der Waals surface area contributed by atoms with Crippen molar-refractivity contribution in [2.24, 2.45) is 12.8 Å². The second-order valence-electron chi connectivity index (χ2n) is 3.78. The van der Waals surface area contributed by atoms with Gasteiger partial charge in [-0.25, -0.2) is 4.98 Å². The molecule has 2 aromatic heterocycles. The summed E-state index contributed by atoms with van der Waals surface area (Å²) in [5.41, 5.74) is 7.32. The number of hydrogen-bond donors (Lipinski definition) is 1. The SMILES string of the molecule is Cn1ccnc1CCC(N)c1csc(Br)c1. The van der Waals surface area contributed by atoms with Crippen LogP contribution < -0.4 is 5.73 Å². The summed E-state index contributed by atoms with van der Waals surface area (Å²) in [6, 6.07) is 2.19. The van der Waals surface area contributed by atoms with Gasteiger partial charge in [-0.05, 0) is 39.4 Å². The minimum absolute atomic E-state index is 0.0965. The summed E-state index contributed by atoms with van der Waals surface area (Å²) in [6.07, 6.45) is 5.62. The molecule has 1 unspecified atom stereocenters. The van der Waals surface area contributed by atoms with Crippen LogP contribution in [-0.2, 0) is 13.5 Å². The van der Waals surface area contributed by atoms with Gasteiger partial charge >= 0.3 is 0 Å². The smallest absolute Gasteiger partial charge is 0.108 e. The fourth-order valence-electron chi connectivity index (χ4n) is 1.61. The highest BCUT2D eigenvalue weighted by Gasteiger charge is 2.09. The average Bonchev–Trinajstić information content (AvgIpc) is 2.84. The molecule has 86 valence electrons. The summed E-state index contributed by atoms with van der Waals surface area (Å²) in [6.45, 7) is 0. The molecule has 0 aromatic carbocycles. The van der Waals surface area contributed by atoms with Crippen LogP contribution in [0.25, 0.3) is 0 Å². The third-order valence-electron chi connectivity index (χ3n) is 2.62. The van der Waals surface area contributed by atoms with Gasteiger partial charge < -0.3 is 10.3 Å². The standard InChI is InChI=1S/C11H14BrN3S/c1-15-5-4-14-11(15)3-2-9(13)8-6-10(12)16-7-8/h4-7,9H,2-3,13H2,1H3. The summed E-state index contributed by atoms with van der Waals surface area (Å²) in [5, 5.41) is 2.10. The van der Waals surface area contributed by atoms with Crippen molar-refractivity contribution in [2.75, 3.05) is 0 Å². The molecule has 1 atom stereocenters. The Kier molecular flexibility index (Phi) is 3.78. The van der Waals surface area contributed by atoms with Crippen LogP contribution >= 0.6 is 27.3 Å². The molecule has 2 heterocycles. The van der Waals surface area contributed by atoms with Crippen molar-refractivity contribution < 1.29 is 0 Å². The number of nitrogens with two attached hydrogens (primary N) is 1. The predicted octanol–water partition coefficient (Wildman–Crippen LogP) is 2.88. The molecule has 0 saturated carbocycles. The molecule has 0 amide bonds. The van der Waals surface area contributed by atoms with E-state index < -0.39 is 0 Å². The molecule has 0 saturated heterocycles. The molecule has 2 aromatic rings. The number of rotatable bonds is 4. The minimum Gasteiger partial charge on any atom is -0.338 e. The van der Waals surface area contributed by atoms with Gasteiger partial charge in [0, 0.05) is 31.9 Å². The number of imidazole rings is 1. The van der Waals surface area contributed by atoms with E-state index in [4.69, 9.17) is 5.73 Å². The lowest BCUT2D eigenvalue weighted by atomic mass is 10.1. The molecule has 3 nitrogen and oxygen atoms in total. The lowest BCUT2D eigenvalue weighted by Crippen LogP contribution is -2.11. The Morgan fingerprint density at radius 2 is 2.44 bits per heavy atom. The second-order valence-corrected chi connectivity index (χ2v) is 6.07. The van der Waals surface area contributed by atoms with Crippen molar-refractivity contribution in [3.63, 3.8) is 0 Å². The van der Waals surface area contributed by atoms with Crippen LogP contribution in [0.5, 0.6) is 0 Å². The number of hydrogen-bond acceptors (Lipinski definition) is 3. The van der Waals surface area contributed by atoms with Gasteiger partial charge in [0.2, 0.25) is 0 Å². The molecule has 0 fully saturated rings. The van der Waals surface area contributed by atoms with Gasteiger partial charge in [0.15, 0.2) is 0 Å². The highest BCUT2D eigenvalue weighted by molar-refractivity contribution is 9.11. The number of aromatic nitrogens is 2. The highest BCUT2D eigenvalue weighted by atomic mass is 79.9. The van der Waals surface area contributed by atoms with E-state index in [-0.39, 0.29) is 6.04 Å². The first kappa shape index (κ1) is 11.8. The summed E-state index contributed by atoms with van der Waals surface area (Å²) in [4.78, 5) is 4.29. The van der Waals surface area contributed by atoms with Gasteiger partial charge in [-0.3, -0.25) is 0 Å². The average molecular weight is 300 g/mol. The van der Waals surface area contributed by atoms with Crippen LogP contribution in [0.3, 0.4) is 0 Å². The Morgan fingerprint density at radius 1 is 1.62 bits per heavy atom. The van der Waals surface area contributed by atoms with Crippen molar-refractivity contribution >= 4 is 27.3 Å². The van der Waals surface area contributed by atoms with E-state index in [1.165, 1.54) is 5.56 Å². The van der Waals surface area contributed by atoms with Gasteiger partial charge in [0.1, 0.15) is 5.82 Å². The van der Waals surface area contributed by atoms with Crippen molar-refractivity contribution in [1.29, 1.82) is 0 Å². The molecule has 5 heteroatoms. The lowest BCUT2D eigenvalue weighted by Gasteiger charge is -2.09. The first-order valence-electron chi connectivity index (χ1n) is 5.12. The summed E-state index contributed by atoms with van der Waals surface area (Å²) >= 11 is 5.12. The monoisotopic (exact) mass is 299 g/mol. The normalized spacial score (nSPS) is 12.9. The minimum atomic E-state index is 0.0965. The topological polar surface area (TPSA) is 43.8 Å². The first-order chi connectivity index (χ1) is 7.66. The number of aryl methyl sites for hydroxylation is 2. The van der Waals surface area contributed by atoms with Crippen LogP contribution in [0.4, 0.5) is 0 Å². The Labute approximate surface area is 107 Å². The summed E-state index contributed by atoms with van der Waals surface area (Å²) < 4.78 is 3.17. The van der Waals surface area contributed by atoms with Gasteiger partial charge in [-0.1, -0.05) is 0 Å². The fraction of sp³-hybridized carbons (Fsp3) is 0.364. The quantitative estimate of drug-likeness (QED) is 0.943. The molecule has 0 aliphatic carbocycles. The van der Waals surface area contributed by atoms with Crippen molar-refractivity contribution in [3.8, 4) is 0 Å². The van der Waals surface area contributed by atoms with Crippen molar-refractivity contribution in [3.05, 3.63) is 39.0 Å². The maximum atomic E-state index is 6.12.